The van der Waals surface area contributed by atoms with Crippen LogP contribution >= 0.6 is 0 Å². The molecule has 0 heterocycles. The van der Waals surface area contributed by atoms with Gasteiger partial charge >= 0.3 is 0 Å². The van der Waals surface area contributed by atoms with Gasteiger partial charge in [-0.05, 0) is 20.3 Å². The minimum absolute atomic E-state index is 0.153. The van der Waals surface area contributed by atoms with Crippen LogP contribution in [-0.2, 0) is 9.47 Å². The Labute approximate surface area is 81.8 Å². The lowest BCUT2D eigenvalue weighted by Gasteiger charge is -2.25. The fraction of sp³-hybridized carbons (Fsp3) is 1.00. The van der Waals surface area contributed by atoms with Crippen molar-refractivity contribution in [2.75, 3.05) is 14.2 Å². The van der Waals surface area contributed by atoms with E-state index in [9.17, 15) is 0 Å². The lowest BCUT2D eigenvalue weighted by molar-refractivity contribution is -0.120. The first-order valence-electron chi connectivity index (χ1n) is 4.97. The molecule has 0 aromatic carbocycles. The van der Waals surface area contributed by atoms with Crippen LogP contribution in [0.4, 0.5) is 0 Å². The molecule has 0 aromatic rings. The van der Waals surface area contributed by atoms with Crippen molar-refractivity contribution in [1.29, 1.82) is 0 Å². The zero-order valence-electron chi connectivity index (χ0n) is 9.46. The Hall–Kier alpha value is -0.120. The summed E-state index contributed by atoms with van der Waals surface area (Å²) in [6.07, 6.45) is 2.23. The van der Waals surface area contributed by atoms with Gasteiger partial charge in [-0.3, -0.25) is 0 Å². The Bertz CT molecular complexity index is 115. The largest absolute Gasteiger partial charge is 0.354 e. The van der Waals surface area contributed by atoms with E-state index in [-0.39, 0.29) is 12.3 Å². The third-order valence-corrected chi connectivity index (χ3v) is 2.14. The van der Waals surface area contributed by atoms with Crippen LogP contribution in [0.2, 0.25) is 0 Å². The SMILES string of the molecule is CCCC(C)NC(C)C(OC)OC. The summed E-state index contributed by atoms with van der Waals surface area (Å²) in [5.74, 6) is 0. The van der Waals surface area contributed by atoms with E-state index in [0.717, 1.165) is 0 Å². The topological polar surface area (TPSA) is 30.5 Å². The van der Waals surface area contributed by atoms with Crippen molar-refractivity contribution in [3.8, 4) is 0 Å². The van der Waals surface area contributed by atoms with E-state index < -0.39 is 0 Å². The summed E-state index contributed by atoms with van der Waals surface area (Å²) < 4.78 is 10.3. The second kappa shape index (κ2) is 7.30. The van der Waals surface area contributed by atoms with E-state index in [1.165, 1.54) is 12.8 Å². The maximum atomic E-state index is 5.16. The Morgan fingerprint density at radius 1 is 1.15 bits per heavy atom. The van der Waals surface area contributed by atoms with Crippen molar-refractivity contribution >= 4 is 0 Å². The van der Waals surface area contributed by atoms with Crippen LogP contribution in [0.3, 0.4) is 0 Å². The monoisotopic (exact) mass is 189 g/mol. The highest BCUT2D eigenvalue weighted by atomic mass is 16.7. The van der Waals surface area contributed by atoms with Gasteiger partial charge < -0.3 is 14.8 Å². The molecule has 2 atom stereocenters. The first-order valence-corrected chi connectivity index (χ1v) is 4.97. The molecule has 0 bridgehead atoms. The second-order valence-electron chi connectivity index (χ2n) is 3.48. The molecule has 0 saturated carbocycles. The lowest BCUT2D eigenvalue weighted by atomic mass is 10.1. The number of nitrogens with one attached hydrogen (secondary N) is 1. The average Bonchev–Trinajstić information content (AvgIpc) is 2.06. The fourth-order valence-electron chi connectivity index (χ4n) is 1.55. The van der Waals surface area contributed by atoms with Crippen molar-refractivity contribution in [3.05, 3.63) is 0 Å². The maximum Gasteiger partial charge on any atom is 0.171 e. The molecule has 80 valence electrons. The molecule has 3 nitrogen and oxygen atoms in total. The summed E-state index contributed by atoms with van der Waals surface area (Å²) >= 11 is 0. The Balaban J connectivity index is 3.75. The van der Waals surface area contributed by atoms with Crippen LogP contribution in [-0.4, -0.2) is 32.6 Å². The van der Waals surface area contributed by atoms with Gasteiger partial charge in [0.15, 0.2) is 6.29 Å². The number of hydrogen-bond acceptors (Lipinski definition) is 3. The number of hydrogen-bond donors (Lipinski definition) is 1. The van der Waals surface area contributed by atoms with Gasteiger partial charge in [0.1, 0.15) is 0 Å². The van der Waals surface area contributed by atoms with Gasteiger partial charge in [-0.1, -0.05) is 13.3 Å². The minimum atomic E-state index is -0.153. The highest BCUT2D eigenvalue weighted by Gasteiger charge is 2.16. The number of rotatable bonds is 7. The molecule has 13 heavy (non-hydrogen) atoms. The highest BCUT2D eigenvalue weighted by molar-refractivity contribution is 4.69. The zero-order chi connectivity index (χ0) is 10.3. The third kappa shape index (κ3) is 5.24. The Kier molecular flexibility index (Phi) is 7.23. The van der Waals surface area contributed by atoms with Crippen LogP contribution < -0.4 is 5.32 Å². The molecule has 2 unspecified atom stereocenters. The van der Waals surface area contributed by atoms with Gasteiger partial charge in [-0.25, -0.2) is 0 Å². The van der Waals surface area contributed by atoms with E-state index >= 15 is 0 Å². The van der Waals surface area contributed by atoms with Crippen LogP contribution in [0.25, 0.3) is 0 Å². The van der Waals surface area contributed by atoms with Crippen LogP contribution in [0.5, 0.6) is 0 Å². The maximum absolute atomic E-state index is 5.16. The minimum Gasteiger partial charge on any atom is -0.354 e. The van der Waals surface area contributed by atoms with E-state index in [4.69, 9.17) is 9.47 Å². The first-order chi connectivity index (χ1) is 6.15. The predicted octanol–water partition coefficient (Wildman–Crippen LogP) is 1.77. The number of methoxy groups -OCH3 is 2. The van der Waals surface area contributed by atoms with E-state index in [2.05, 4.69) is 26.1 Å². The first kappa shape index (κ1) is 12.9. The highest BCUT2D eigenvalue weighted by Crippen LogP contribution is 2.02. The molecule has 0 aromatic heterocycles. The van der Waals surface area contributed by atoms with Crippen molar-refractivity contribution in [1.82, 2.24) is 5.32 Å². The fourth-order valence-corrected chi connectivity index (χ4v) is 1.55. The molecule has 1 N–H and O–H groups in total. The summed E-state index contributed by atoms with van der Waals surface area (Å²) in [7, 11) is 3.33. The van der Waals surface area contributed by atoms with E-state index in [1.807, 2.05) is 0 Å². The molecule has 0 aliphatic heterocycles. The molecule has 0 aliphatic carbocycles. The van der Waals surface area contributed by atoms with Crippen molar-refractivity contribution in [3.63, 3.8) is 0 Å². The van der Waals surface area contributed by atoms with Gasteiger partial charge in [0.05, 0.1) is 6.04 Å². The summed E-state index contributed by atoms with van der Waals surface area (Å²) in [4.78, 5) is 0. The van der Waals surface area contributed by atoms with Crippen molar-refractivity contribution in [2.24, 2.45) is 0 Å². The third-order valence-electron chi connectivity index (χ3n) is 2.14. The average molecular weight is 189 g/mol. The second-order valence-corrected chi connectivity index (χ2v) is 3.48. The van der Waals surface area contributed by atoms with E-state index in [0.29, 0.717) is 6.04 Å². The predicted molar refractivity (Wildman–Crippen MR) is 54.8 cm³/mol. The van der Waals surface area contributed by atoms with Crippen LogP contribution in [0.15, 0.2) is 0 Å². The Morgan fingerprint density at radius 2 is 1.69 bits per heavy atom. The standard InChI is InChI=1S/C10H23NO2/c1-6-7-8(2)11-9(3)10(12-4)13-5/h8-11H,6-7H2,1-5H3. The van der Waals surface area contributed by atoms with Gasteiger partial charge in [-0.15, -0.1) is 0 Å². The molecule has 0 rings (SSSR count). The zero-order valence-corrected chi connectivity index (χ0v) is 9.46. The molecule has 0 radical (unpaired) electrons. The molecule has 0 amide bonds. The smallest absolute Gasteiger partial charge is 0.171 e. The van der Waals surface area contributed by atoms with Gasteiger partial charge in [0.2, 0.25) is 0 Å². The molecular weight excluding hydrogens is 166 g/mol. The summed E-state index contributed by atoms with van der Waals surface area (Å²) in [6, 6.07) is 0.754. The molecule has 3 heteroatoms. The Morgan fingerprint density at radius 3 is 2.08 bits per heavy atom. The summed E-state index contributed by atoms with van der Waals surface area (Å²) in [6.45, 7) is 6.44. The van der Waals surface area contributed by atoms with Gasteiger partial charge in [-0.2, -0.15) is 0 Å². The summed E-state index contributed by atoms with van der Waals surface area (Å²) in [5.41, 5.74) is 0. The molecule has 0 spiro atoms. The molecule has 0 aliphatic rings. The van der Waals surface area contributed by atoms with Crippen LogP contribution in [0.1, 0.15) is 33.6 Å². The van der Waals surface area contributed by atoms with Crippen molar-refractivity contribution < 1.29 is 9.47 Å². The van der Waals surface area contributed by atoms with Crippen molar-refractivity contribution in [2.45, 2.75) is 52.0 Å². The molecule has 0 saturated heterocycles. The summed E-state index contributed by atoms with van der Waals surface area (Å²) in [5, 5.41) is 3.43. The quantitative estimate of drug-likeness (QED) is 0.619. The lowest BCUT2D eigenvalue weighted by Crippen LogP contribution is -2.43. The van der Waals surface area contributed by atoms with E-state index in [1.54, 1.807) is 14.2 Å². The van der Waals surface area contributed by atoms with Crippen LogP contribution in [0, 0.1) is 0 Å². The molecule has 0 fully saturated rings. The molecular formula is C10H23NO2. The normalized spacial score (nSPS) is 16.2. The van der Waals surface area contributed by atoms with Gasteiger partial charge in [0.25, 0.3) is 0 Å². The number of ether oxygens (including phenoxy) is 2. The van der Waals surface area contributed by atoms with Gasteiger partial charge in [0, 0.05) is 20.3 Å².